The Morgan fingerprint density at radius 3 is 2.83 bits per heavy atom. The zero-order valence-electron chi connectivity index (χ0n) is 9.57. The van der Waals surface area contributed by atoms with Crippen LogP contribution in [0.2, 0.25) is 5.02 Å². The molecule has 2 aromatic rings. The summed E-state index contributed by atoms with van der Waals surface area (Å²) < 4.78 is 6.32. The Hall–Kier alpha value is -1.26. The molecule has 0 amide bonds. The van der Waals surface area contributed by atoms with Gasteiger partial charge in [-0.05, 0) is 33.6 Å². The number of anilines is 1. The fourth-order valence-electron chi connectivity index (χ4n) is 1.53. The van der Waals surface area contributed by atoms with Crippen molar-refractivity contribution in [1.82, 2.24) is 4.98 Å². The Morgan fingerprint density at radius 2 is 2.11 bits per heavy atom. The molecule has 2 rings (SSSR count). The third-order valence-electron chi connectivity index (χ3n) is 2.44. The van der Waals surface area contributed by atoms with Gasteiger partial charge in [-0.2, -0.15) is 0 Å². The van der Waals surface area contributed by atoms with Crippen molar-refractivity contribution in [2.24, 2.45) is 0 Å². The molecule has 1 heterocycles. The van der Waals surface area contributed by atoms with E-state index in [1.807, 2.05) is 24.3 Å². The Bertz CT molecular complexity index is 548. The minimum Gasteiger partial charge on any atom is -0.477 e. The predicted molar refractivity (Wildman–Crippen MR) is 77.0 cm³/mol. The van der Waals surface area contributed by atoms with E-state index < -0.39 is 0 Å². The zero-order valence-corrected chi connectivity index (χ0v) is 11.9. The SMILES string of the molecule is Nc1ccccc1CCOc1ncc(Cl)cc1Br. The fraction of sp³-hybridized carbons (Fsp3) is 0.154. The molecule has 0 aliphatic rings. The molecular formula is C13H12BrClN2O. The summed E-state index contributed by atoms with van der Waals surface area (Å²) in [6, 6.07) is 9.49. The first kappa shape index (κ1) is 13.2. The number of nitrogen functional groups attached to an aromatic ring is 1. The summed E-state index contributed by atoms with van der Waals surface area (Å²) in [5, 5.41) is 0.571. The molecular weight excluding hydrogens is 316 g/mol. The number of nitrogens with two attached hydrogens (primary N) is 1. The summed E-state index contributed by atoms with van der Waals surface area (Å²) in [5.74, 6) is 0.536. The number of benzene rings is 1. The molecule has 0 radical (unpaired) electrons. The quantitative estimate of drug-likeness (QED) is 0.871. The number of hydrogen-bond donors (Lipinski definition) is 1. The Labute approximate surface area is 119 Å². The largest absolute Gasteiger partial charge is 0.477 e. The van der Waals surface area contributed by atoms with E-state index in [-0.39, 0.29) is 0 Å². The van der Waals surface area contributed by atoms with E-state index in [4.69, 9.17) is 22.1 Å². The van der Waals surface area contributed by atoms with E-state index in [0.717, 1.165) is 22.1 Å². The lowest BCUT2D eigenvalue weighted by Crippen LogP contribution is -2.05. The van der Waals surface area contributed by atoms with Crippen LogP contribution in [-0.4, -0.2) is 11.6 Å². The van der Waals surface area contributed by atoms with Gasteiger partial charge >= 0.3 is 0 Å². The van der Waals surface area contributed by atoms with Crippen molar-refractivity contribution >= 4 is 33.2 Å². The van der Waals surface area contributed by atoms with Crippen LogP contribution >= 0.6 is 27.5 Å². The number of aromatic nitrogens is 1. The summed E-state index contributed by atoms with van der Waals surface area (Å²) in [6.07, 6.45) is 2.29. The monoisotopic (exact) mass is 326 g/mol. The Balaban J connectivity index is 1.95. The molecule has 0 fully saturated rings. The summed E-state index contributed by atoms with van der Waals surface area (Å²) in [6.45, 7) is 0.515. The Morgan fingerprint density at radius 1 is 1.33 bits per heavy atom. The third-order valence-corrected chi connectivity index (χ3v) is 3.21. The number of hydrogen-bond acceptors (Lipinski definition) is 3. The van der Waals surface area contributed by atoms with E-state index in [1.54, 1.807) is 12.3 Å². The average Bonchev–Trinajstić information content (AvgIpc) is 2.34. The highest BCUT2D eigenvalue weighted by Gasteiger charge is 2.04. The van der Waals surface area contributed by atoms with Crippen LogP contribution in [0, 0.1) is 0 Å². The minimum absolute atomic E-state index is 0.515. The smallest absolute Gasteiger partial charge is 0.228 e. The molecule has 2 N–H and O–H groups in total. The normalized spacial score (nSPS) is 10.3. The fourth-order valence-corrected chi connectivity index (χ4v) is 2.28. The van der Waals surface area contributed by atoms with Crippen LogP contribution in [0.25, 0.3) is 0 Å². The lowest BCUT2D eigenvalue weighted by atomic mass is 10.1. The van der Waals surface area contributed by atoms with Gasteiger partial charge in [-0.15, -0.1) is 0 Å². The van der Waals surface area contributed by atoms with Gasteiger partial charge in [0.1, 0.15) is 0 Å². The molecule has 0 aliphatic carbocycles. The second kappa shape index (κ2) is 6.07. The molecule has 0 saturated carbocycles. The average molecular weight is 328 g/mol. The molecule has 5 heteroatoms. The number of para-hydroxylation sites is 1. The Kier molecular flexibility index (Phi) is 4.44. The van der Waals surface area contributed by atoms with Gasteiger partial charge in [0, 0.05) is 18.3 Å². The van der Waals surface area contributed by atoms with Crippen molar-refractivity contribution in [2.45, 2.75) is 6.42 Å². The molecule has 0 spiro atoms. The molecule has 0 saturated heterocycles. The van der Waals surface area contributed by atoms with Gasteiger partial charge in [0.05, 0.1) is 16.1 Å². The summed E-state index contributed by atoms with van der Waals surface area (Å²) in [4.78, 5) is 4.10. The van der Waals surface area contributed by atoms with E-state index >= 15 is 0 Å². The predicted octanol–water partition coefficient (Wildman–Crippen LogP) is 3.70. The van der Waals surface area contributed by atoms with Gasteiger partial charge < -0.3 is 10.5 Å². The van der Waals surface area contributed by atoms with Gasteiger partial charge in [-0.1, -0.05) is 29.8 Å². The van der Waals surface area contributed by atoms with Crippen LogP contribution in [0.15, 0.2) is 41.0 Å². The molecule has 1 aromatic heterocycles. The maximum atomic E-state index is 5.85. The lowest BCUT2D eigenvalue weighted by molar-refractivity contribution is 0.307. The molecule has 1 aromatic carbocycles. The molecule has 18 heavy (non-hydrogen) atoms. The van der Waals surface area contributed by atoms with Crippen LogP contribution in [0.1, 0.15) is 5.56 Å². The maximum absolute atomic E-state index is 5.85. The highest BCUT2D eigenvalue weighted by molar-refractivity contribution is 9.10. The van der Waals surface area contributed by atoms with E-state index in [2.05, 4.69) is 20.9 Å². The first-order chi connectivity index (χ1) is 8.66. The number of halogens is 2. The first-order valence-electron chi connectivity index (χ1n) is 5.44. The maximum Gasteiger partial charge on any atom is 0.228 e. The van der Waals surface area contributed by atoms with Crippen molar-refractivity contribution < 1.29 is 4.74 Å². The summed E-state index contributed by atoms with van der Waals surface area (Å²) >= 11 is 9.15. The number of ether oxygens (including phenoxy) is 1. The molecule has 0 aliphatic heterocycles. The minimum atomic E-state index is 0.515. The highest BCUT2D eigenvalue weighted by Crippen LogP contribution is 2.25. The summed E-state index contributed by atoms with van der Waals surface area (Å²) in [7, 11) is 0. The van der Waals surface area contributed by atoms with Crippen LogP contribution in [0.3, 0.4) is 0 Å². The van der Waals surface area contributed by atoms with Gasteiger partial charge in [0.15, 0.2) is 0 Å². The molecule has 3 nitrogen and oxygen atoms in total. The molecule has 0 unspecified atom stereocenters. The van der Waals surface area contributed by atoms with Crippen molar-refractivity contribution in [3.63, 3.8) is 0 Å². The lowest BCUT2D eigenvalue weighted by Gasteiger charge is -2.08. The third kappa shape index (κ3) is 3.37. The van der Waals surface area contributed by atoms with E-state index in [1.165, 1.54) is 0 Å². The van der Waals surface area contributed by atoms with Crippen LogP contribution < -0.4 is 10.5 Å². The van der Waals surface area contributed by atoms with Crippen LogP contribution in [0.5, 0.6) is 5.88 Å². The van der Waals surface area contributed by atoms with Crippen molar-refractivity contribution in [1.29, 1.82) is 0 Å². The van der Waals surface area contributed by atoms with Crippen LogP contribution in [-0.2, 0) is 6.42 Å². The second-order valence-electron chi connectivity index (χ2n) is 3.74. The number of rotatable bonds is 4. The van der Waals surface area contributed by atoms with Crippen LogP contribution in [0.4, 0.5) is 5.69 Å². The highest BCUT2D eigenvalue weighted by atomic mass is 79.9. The van der Waals surface area contributed by atoms with Crippen molar-refractivity contribution in [3.05, 3.63) is 51.6 Å². The summed E-state index contributed by atoms with van der Waals surface area (Å²) in [5.41, 5.74) is 7.71. The standard InChI is InChI=1S/C13H12BrClN2O/c14-11-7-10(15)8-17-13(11)18-6-5-9-3-1-2-4-12(9)16/h1-4,7-8H,5-6,16H2. The molecule has 94 valence electrons. The van der Waals surface area contributed by atoms with Gasteiger partial charge in [0.25, 0.3) is 0 Å². The number of pyridine rings is 1. The van der Waals surface area contributed by atoms with Gasteiger partial charge in [-0.25, -0.2) is 4.98 Å². The first-order valence-corrected chi connectivity index (χ1v) is 6.61. The number of nitrogens with zero attached hydrogens (tertiary/aromatic N) is 1. The van der Waals surface area contributed by atoms with Gasteiger partial charge in [-0.3, -0.25) is 0 Å². The molecule has 0 atom stereocenters. The van der Waals surface area contributed by atoms with E-state index in [0.29, 0.717) is 17.5 Å². The van der Waals surface area contributed by atoms with Crippen molar-refractivity contribution in [3.8, 4) is 5.88 Å². The second-order valence-corrected chi connectivity index (χ2v) is 5.03. The van der Waals surface area contributed by atoms with Crippen molar-refractivity contribution in [2.75, 3.05) is 12.3 Å². The molecule has 0 bridgehead atoms. The zero-order chi connectivity index (χ0) is 13.0. The topological polar surface area (TPSA) is 48.1 Å². The van der Waals surface area contributed by atoms with Gasteiger partial charge in [0.2, 0.25) is 5.88 Å². The van der Waals surface area contributed by atoms with E-state index in [9.17, 15) is 0 Å².